The van der Waals surface area contributed by atoms with Gasteiger partial charge in [0, 0.05) is 73.6 Å². The number of anilines is 1. The van der Waals surface area contributed by atoms with Gasteiger partial charge in [-0.15, -0.1) is 0 Å². The number of aromatic nitrogens is 1. The van der Waals surface area contributed by atoms with Crippen molar-refractivity contribution < 1.29 is 23.1 Å². The van der Waals surface area contributed by atoms with Gasteiger partial charge in [0.25, 0.3) is 0 Å². The van der Waals surface area contributed by atoms with Crippen LogP contribution in [0.25, 0.3) is 11.1 Å². The fraction of sp³-hybridized carbons (Fsp3) is 0.333. The highest BCUT2D eigenvalue weighted by Gasteiger charge is 2.54. The average Bonchev–Trinajstić information content (AvgIpc) is 2.84. The summed E-state index contributed by atoms with van der Waals surface area (Å²) in [5, 5.41) is 14.5. The van der Waals surface area contributed by atoms with Gasteiger partial charge < -0.3 is 26.0 Å². The molecule has 0 saturated carbocycles. The van der Waals surface area contributed by atoms with Crippen molar-refractivity contribution in [3.05, 3.63) is 83.4 Å². The van der Waals surface area contributed by atoms with Gasteiger partial charge in [-0.2, -0.15) is 0 Å². The van der Waals surface area contributed by atoms with Crippen molar-refractivity contribution >= 4 is 11.7 Å². The number of aliphatic hydroxyl groups is 1. The summed E-state index contributed by atoms with van der Waals surface area (Å²) in [4.78, 5) is 21.1. The van der Waals surface area contributed by atoms with Crippen LogP contribution in [0.5, 0.6) is 0 Å². The molecule has 194 valence electrons. The zero-order chi connectivity index (χ0) is 26.3. The van der Waals surface area contributed by atoms with E-state index in [1.807, 2.05) is 7.05 Å². The van der Waals surface area contributed by atoms with Gasteiger partial charge in [0.05, 0.1) is 5.69 Å². The summed E-state index contributed by atoms with van der Waals surface area (Å²) in [5.74, 6) is -2.69. The van der Waals surface area contributed by atoms with Crippen LogP contribution in [0.4, 0.5) is 23.7 Å². The standard InChI is InChI=1S/C27H28F3N5O2/c1-34-12-18-14-35(26(36)33-22-8-20(28)7-21(29)9-22)15-19(13-34)27(18,37)25-5-3-17(11-32-25)23-4-2-16(10-31)6-24(23)30/h2-9,11,18-19,37H,10,12-15,31H2,1H3,(H,33,36)/t18-,19+,27+. The number of piperidine rings is 2. The van der Waals surface area contributed by atoms with Crippen LogP contribution >= 0.6 is 0 Å². The number of nitrogens with one attached hydrogen (secondary N) is 1. The Hall–Kier alpha value is -3.47. The van der Waals surface area contributed by atoms with Crippen molar-refractivity contribution in [2.45, 2.75) is 12.1 Å². The van der Waals surface area contributed by atoms with E-state index < -0.39 is 29.1 Å². The molecule has 2 aliphatic rings. The Balaban J connectivity index is 1.37. The second kappa shape index (κ2) is 9.77. The van der Waals surface area contributed by atoms with Gasteiger partial charge in [-0.1, -0.05) is 18.2 Å². The molecule has 37 heavy (non-hydrogen) atoms. The predicted octanol–water partition coefficient (Wildman–Crippen LogP) is 3.54. The first-order valence-electron chi connectivity index (χ1n) is 12.1. The number of nitrogens with zero attached hydrogens (tertiary/aromatic N) is 3. The summed E-state index contributed by atoms with van der Waals surface area (Å²) in [6.07, 6.45) is 1.55. The molecule has 2 amide bonds. The van der Waals surface area contributed by atoms with Gasteiger partial charge in [0.1, 0.15) is 23.1 Å². The number of hydrogen-bond donors (Lipinski definition) is 3. The van der Waals surface area contributed by atoms with E-state index in [9.17, 15) is 23.1 Å². The van der Waals surface area contributed by atoms with Crippen molar-refractivity contribution in [1.29, 1.82) is 0 Å². The maximum atomic E-state index is 14.6. The summed E-state index contributed by atoms with van der Waals surface area (Å²) >= 11 is 0. The number of nitrogens with two attached hydrogens (primary N) is 1. The molecule has 10 heteroatoms. The van der Waals surface area contributed by atoms with Gasteiger partial charge in [-0.3, -0.25) is 4.98 Å². The molecule has 3 aromatic rings. The maximum absolute atomic E-state index is 14.6. The third-order valence-electron chi connectivity index (χ3n) is 7.35. The number of pyridine rings is 1. The Morgan fingerprint density at radius 2 is 1.73 bits per heavy atom. The summed E-state index contributed by atoms with van der Waals surface area (Å²) in [6, 6.07) is 10.6. The quantitative estimate of drug-likeness (QED) is 0.498. The fourth-order valence-corrected chi connectivity index (χ4v) is 5.56. The number of halogens is 3. The van der Waals surface area contributed by atoms with Gasteiger partial charge in [0.15, 0.2) is 0 Å². The van der Waals surface area contributed by atoms with Gasteiger partial charge in [0.2, 0.25) is 0 Å². The minimum Gasteiger partial charge on any atom is -0.383 e. The summed E-state index contributed by atoms with van der Waals surface area (Å²) in [5.41, 5.74) is 6.44. The van der Waals surface area contributed by atoms with E-state index in [-0.39, 0.29) is 37.2 Å². The SMILES string of the molecule is CN1C[C@@H]2CN(C(=O)Nc3cc(F)cc(F)c3)C[C@H](C1)[C@]2(O)c1ccc(-c2ccc(CN)cc2F)cn1. The summed E-state index contributed by atoms with van der Waals surface area (Å²) < 4.78 is 41.7. The van der Waals surface area contributed by atoms with Gasteiger partial charge >= 0.3 is 6.03 Å². The Labute approximate surface area is 212 Å². The van der Waals surface area contributed by atoms with Crippen LogP contribution in [0.2, 0.25) is 0 Å². The molecule has 3 heterocycles. The summed E-state index contributed by atoms with van der Waals surface area (Å²) in [7, 11) is 1.95. The second-order valence-electron chi connectivity index (χ2n) is 9.88. The van der Waals surface area contributed by atoms with Crippen LogP contribution in [0.1, 0.15) is 11.3 Å². The molecule has 5 rings (SSSR count). The van der Waals surface area contributed by atoms with Gasteiger partial charge in [-0.25, -0.2) is 18.0 Å². The van der Waals surface area contributed by atoms with E-state index in [1.165, 1.54) is 6.07 Å². The lowest BCUT2D eigenvalue weighted by Gasteiger charge is -2.54. The van der Waals surface area contributed by atoms with Gasteiger partial charge in [-0.05, 0) is 36.9 Å². The zero-order valence-corrected chi connectivity index (χ0v) is 20.3. The predicted molar refractivity (Wildman–Crippen MR) is 133 cm³/mol. The molecule has 0 unspecified atom stereocenters. The molecule has 0 radical (unpaired) electrons. The monoisotopic (exact) mass is 511 g/mol. The molecule has 2 aliphatic heterocycles. The number of urea groups is 1. The molecule has 4 N–H and O–H groups in total. The summed E-state index contributed by atoms with van der Waals surface area (Å²) in [6.45, 7) is 1.72. The van der Waals surface area contributed by atoms with E-state index in [4.69, 9.17) is 5.73 Å². The number of carbonyl (C=O) groups is 1. The van der Waals surface area contributed by atoms with Crippen molar-refractivity contribution in [2.24, 2.45) is 17.6 Å². The number of amides is 2. The first-order chi connectivity index (χ1) is 17.7. The molecule has 2 fully saturated rings. The van der Waals surface area contributed by atoms with E-state index in [2.05, 4.69) is 15.2 Å². The molecule has 0 spiro atoms. The van der Waals surface area contributed by atoms with Crippen LogP contribution in [0.3, 0.4) is 0 Å². The lowest BCUT2D eigenvalue weighted by atomic mass is 9.68. The smallest absolute Gasteiger partial charge is 0.321 e. The first kappa shape index (κ1) is 25.2. The van der Waals surface area contributed by atoms with Crippen molar-refractivity contribution in [3.63, 3.8) is 0 Å². The maximum Gasteiger partial charge on any atom is 0.321 e. The third-order valence-corrected chi connectivity index (χ3v) is 7.35. The molecule has 1 aromatic heterocycles. The average molecular weight is 512 g/mol. The highest BCUT2D eigenvalue weighted by Crippen LogP contribution is 2.44. The van der Waals surface area contributed by atoms with E-state index >= 15 is 0 Å². The van der Waals surface area contributed by atoms with Crippen molar-refractivity contribution in [3.8, 4) is 11.1 Å². The molecule has 3 atom stereocenters. The molecule has 2 bridgehead atoms. The molecule has 2 saturated heterocycles. The Bertz CT molecular complexity index is 1280. The highest BCUT2D eigenvalue weighted by atomic mass is 19.1. The molecule has 0 aliphatic carbocycles. The first-order valence-corrected chi connectivity index (χ1v) is 12.1. The fourth-order valence-electron chi connectivity index (χ4n) is 5.56. The normalized spacial score (nSPS) is 23.7. The number of likely N-dealkylation sites (tertiary alicyclic amines) is 2. The van der Waals surface area contributed by atoms with E-state index in [0.29, 0.717) is 35.5 Å². The highest BCUT2D eigenvalue weighted by molar-refractivity contribution is 5.89. The zero-order valence-electron chi connectivity index (χ0n) is 20.3. The van der Waals surface area contributed by atoms with Crippen molar-refractivity contribution in [2.75, 3.05) is 38.5 Å². The van der Waals surface area contributed by atoms with E-state index in [1.54, 1.807) is 35.4 Å². The minimum atomic E-state index is -1.30. The lowest BCUT2D eigenvalue weighted by molar-refractivity contribution is -0.155. The van der Waals surface area contributed by atoms with Crippen molar-refractivity contribution in [1.82, 2.24) is 14.8 Å². The number of benzene rings is 2. The number of fused-ring (bicyclic) bond motifs is 2. The number of rotatable bonds is 4. The molecular formula is C27H28F3N5O2. The Morgan fingerprint density at radius 1 is 1.05 bits per heavy atom. The topological polar surface area (TPSA) is 94.7 Å². The molecule has 7 nitrogen and oxygen atoms in total. The van der Waals surface area contributed by atoms with Crippen LogP contribution in [0.15, 0.2) is 54.7 Å². The number of hydrogen-bond acceptors (Lipinski definition) is 5. The van der Waals surface area contributed by atoms with Crippen LogP contribution in [-0.2, 0) is 12.1 Å². The Morgan fingerprint density at radius 3 is 2.30 bits per heavy atom. The van der Waals surface area contributed by atoms with Crippen LogP contribution in [-0.4, -0.2) is 59.1 Å². The van der Waals surface area contributed by atoms with Crippen LogP contribution < -0.4 is 11.1 Å². The Kier molecular flexibility index (Phi) is 6.65. The molecule has 2 aromatic carbocycles. The second-order valence-corrected chi connectivity index (χ2v) is 9.88. The largest absolute Gasteiger partial charge is 0.383 e. The lowest BCUT2D eigenvalue weighted by Crippen LogP contribution is -2.66. The third kappa shape index (κ3) is 4.79. The van der Waals surface area contributed by atoms with Crippen LogP contribution in [0, 0.1) is 29.3 Å². The van der Waals surface area contributed by atoms with E-state index in [0.717, 1.165) is 18.2 Å². The minimum absolute atomic E-state index is 0.0228. The molecular weight excluding hydrogens is 483 g/mol. The number of carbonyl (C=O) groups excluding carboxylic acids is 1.